The Morgan fingerprint density at radius 1 is 0.788 bits per heavy atom. The summed E-state index contributed by atoms with van der Waals surface area (Å²) in [6.45, 7) is 9.28. The molecule has 1 heterocycles. The molecule has 3 N–H and O–H groups in total. The van der Waals surface area contributed by atoms with Gasteiger partial charge in [-0.3, -0.25) is 25.2 Å². The highest BCUT2D eigenvalue weighted by Gasteiger charge is 2.26. The number of hydrogen-bond acceptors (Lipinski definition) is 3. The van der Waals surface area contributed by atoms with Crippen molar-refractivity contribution in [3.63, 3.8) is 0 Å². The van der Waals surface area contributed by atoms with E-state index in [0.717, 1.165) is 22.6 Å². The van der Waals surface area contributed by atoms with Gasteiger partial charge in [-0.15, -0.1) is 0 Å². The number of amides is 3. The van der Waals surface area contributed by atoms with Gasteiger partial charge in [0, 0.05) is 22.6 Å². The maximum Gasteiger partial charge on any atom is 0.271 e. The molecule has 1 atom stereocenters. The van der Waals surface area contributed by atoms with E-state index in [4.69, 9.17) is 0 Å². The summed E-state index contributed by atoms with van der Waals surface area (Å²) in [5.41, 5.74) is 9.36. The molecule has 3 rings (SSSR count). The van der Waals surface area contributed by atoms with Crippen molar-refractivity contribution in [2.75, 3.05) is 0 Å². The van der Waals surface area contributed by atoms with E-state index < -0.39 is 17.9 Å². The van der Waals surface area contributed by atoms with Crippen LogP contribution in [0.3, 0.4) is 0 Å². The van der Waals surface area contributed by atoms with Crippen LogP contribution in [0.25, 0.3) is 5.69 Å². The number of rotatable bonds is 6. The first-order chi connectivity index (χ1) is 15.7. The average Bonchev–Trinajstić information content (AvgIpc) is 3.10. The van der Waals surface area contributed by atoms with E-state index in [0.29, 0.717) is 11.1 Å². The molecule has 2 aromatic carbocycles. The first kappa shape index (κ1) is 23.8. The van der Waals surface area contributed by atoms with Gasteiger partial charge in [0.05, 0.1) is 5.56 Å². The number of nitrogens with zero attached hydrogens (tertiary/aromatic N) is 1. The molecule has 7 heteroatoms. The number of carbonyl (C=O) groups is 3. The number of hydrazine groups is 1. The van der Waals surface area contributed by atoms with Gasteiger partial charge in [0.25, 0.3) is 17.7 Å². The molecule has 172 valence electrons. The van der Waals surface area contributed by atoms with Gasteiger partial charge >= 0.3 is 0 Å². The van der Waals surface area contributed by atoms with Crippen LogP contribution in [0.1, 0.15) is 51.5 Å². The van der Waals surface area contributed by atoms with Gasteiger partial charge in [-0.1, -0.05) is 50.2 Å². The fraction of sp³-hybridized carbons (Fsp3) is 0.269. The van der Waals surface area contributed by atoms with E-state index in [1.165, 1.54) is 0 Å². The largest absolute Gasteiger partial charge is 0.340 e. The molecule has 0 fully saturated rings. The summed E-state index contributed by atoms with van der Waals surface area (Å²) in [4.78, 5) is 38.3. The van der Waals surface area contributed by atoms with Crippen molar-refractivity contribution in [3.05, 3.63) is 88.7 Å². The van der Waals surface area contributed by atoms with Crippen LogP contribution in [0.4, 0.5) is 0 Å². The van der Waals surface area contributed by atoms with Gasteiger partial charge in [-0.2, -0.15) is 0 Å². The molecule has 0 saturated carbocycles. The van der Waals surface area contributed by atoms with Gasteiger partial charge in [0.15, 0.2) is 0 Å². The monoisotopic (exact) mass is 446 g/mol. The van der Waals surface area contributed by atoms with Crippen molar-refractivity contribution in [1.82, 2.24) is 20.7 Å². The lowest BCUT2D eigenvalue weighted by Gasteiger charge is -2.22. The second kappa shape index (κ2) is 10.2. The van der Waals surface area contributed by atoms with Gasteiger partial charge in [-0.05, 0) is 56.5 Å². The number of nitrogens with one attached hydrogen (secondary N) is 3. The van der Waals surface area contributed by atoms with E-state index in [9.17, 15) is 14.4 Å². The molecule has 0 bridgehead atoms. The summed E-state index contributed by atoms with van der Waals surface area (Å²) in [5.74, 6) is -1.43. The Kier molecular flexibility index (Phi) is 7.33. The van der Waals surface area contributed by atoms with Crippen LogP contribution in [-0.2, 0) is 4.79 Å². The molecule has 33 heavy (non-hydrogen) atoms. The first-order valence-electron chi connectivity index (χ1n) is 10.9. The van der Waals surface area contributed by atoms with Crippen molar-refractivity contribution in [2.24, 2.45) is 5.92 Å². The molecule has 0 saturated heterocycles. The average molecular weight is 447 g/mol. The van der Waals surface area contributed by atoms with E-state index in [2.05, 4.69) is 16.2 Å². The minimum atomic E-state index is -0.811. The van der Waals surface area contributed by atoms with Crippen molar-refractivity contribution in [3.8, 4) is 5.69 Å². The molecule has 0 aliphatic heterocycles. The SMILES string of the molecule is Cc1ccccc1C(=O)NC(C(=O)NNC(=O)c1cc(C)n(-c2ccccc2)c1C)C(C)C. The Bertz CT molecular complexity index is 1170. The van der Waals surface area contributed by atoms with Crippen LogP contribution in [0.2, 0.25) is 0 Å². The van der Waals surface area contributed by atoms with Crippen LogP contribution in [-0.4, -0.2) is 28.3 Å². The van der Waals surface area contributed by atoms with Crippen molar-refractivity contribution in [2.45, 2.75) is 40.7 Å². The quantitative estimate of drug-likeness (QED) is 0.505. The van der Waals surface area contributed by atoms with Crippen molar-refractivity contribution in [1.29, 1.82) is 0 Å². The third kappa shape index (κ3) is 5.31. The maximum absolute atomic E-state index is 12.8. The van der Waals surface area contributed by atoms with Gasteiger partial charge in [-0.25, -0.2) is 0 Å². The predicted octanol–water partition coefficient (Wildman–Crippen LogP) is 3.62. The van der Waals surface area contributed by atoms with Crippen LogP contribution >= 0.6 is 0 Å². The third-order valence-electron chi connectivity index (χ3n) is 5.61. The Morgan fingerprint density at radius 2 is 1.42 bits per heavy atom. The summed E-state index contributed by atoms with van der Waals surface area (Å²) in [5, 5.41) is 2.78. The van der Waals surface area contributed by atoms with Gasteiger partial charge < -0.3 is 9.88 Å². The zero-order chi connectivity index (χ0) is 24.1. The maximum atomic E-state index is 12.8. The molecule has 3 amide bonds. The molecule has 1 unspecified atom stereocenters. The summed E-state index contributed by atoms with van der Waals surface area (Å²) in [6, 6.07) is 17.9. The highest BCUT2D eigenvalue weighted by Crippen LogP contribution is 2.20. The first-order valence-corrected chi connectivity index (χ1v) is 10.9. The van der Waals surface area contributed by atoms with Crippen molar-refractivity contribution < 1.29 is 14.4 Å². The Morgan fingerprint density at radius 3 is 2.06 bits per heavy atom. The van der Waals surface area contributed by atoms with E-state index in [-0.39, 0.29) is 11.8 Å². The van der Waals surface area contributed by atoms with Crippen molar-refractivity contribution >= 4 is 17.7 Å². The normalized spacial score (nSPS) is 11.7. The van der Waals surface area contributed by atoms with E-state index >= 15 is 0 Å². The number of carbonyl (C=O) groups excluding carboxylic acids is 3. The zero-order valence-electron chi connectivity index (χ0n) is 19.6. The standard InChI is InChI=1S/C26H30N4O3/c1-16(2)23(27-24(31)21-14-10-9-11-17(21)3)26(33)29-28-25(32)22-15-18(4)30(19(22)5)20-12-7-6-8-13-20/h6-16,23H,1-5H3,(H,27,31)(H,28,32)(H,29,33). The van der Waals surface area contributed by atoms with E-state index in [1.807, 2.05) is 81.7 Å². The number of benzene rings is 2. The summed E-state index contributed by atoms with van der Waals surface area (Å²) in [7, 11) is 0. The van der Waals surface area contributed by atoms with E-state index in [1.54, 1.807) is 18.2 Å². The molecule has 0 aliphatic carbocycles. The Labute approximate surface area is 194 Å². The zero-order valence-corrected chi connectivity index (χ0v) is 19.6. The second-order valence-corrected chi connectivity index (χ2v) is 8.41. The fourth-order valence-electron chi connectivity index (χ4n) is 3.81. The molecular formula is C26H30N4O3. The minimum absolute atomic E-state index is 0.182. The second-order valence-electron chi connectivity index (χ2n) is 8.41. The highest BCUT2D eigenvalue weighted by molar-refractivity contribution is 6.00. The summed E-state index contributed by atoms with van der Waals surface area (Å²) >= 11 is 0. The smallest absolute Gasteiger partial charge is 0.271 e. The molecule has 7 nitrogen and oxygen atoms in total. The molecule has 0 radical (unpaired) electrons. The molecular weight excluding hydrogens is 416 g/mol. The Hall–Kier alpha value is -3.87. The molecule has 3 aromatic rings. The predicted molar refractivity (Wildman–Crippen MR) is 128 cm³/mol. The number of para-hydroxylation sites is 1. The fourth-order valence-corrected chi connectivity index (χ4v) is 3.81. The molecule has 0 aliphatic rings. The lowest BCUT2D eigenvalue weighted by molar-refractivity contribution is -0.124. The Balaban J connectivity index is 1.69. The van der Waals surface area contributed by atoms with Crippen LogP contribution < -0.4 is 16.2 Å². The van der Waals surface area contributed by atoms with Crippen LogP contribution in [0.5, 0.6) is 0 Å². The third-order valence-corrected chi connectivity index (χ3v) is 5.61. The lowest BCUT2D eigenvalue weighted by atomic mass is 10.0. The number of hydrogen-bond donors (Lipinski definition) is 3. The molecule has 0 spiro atoms. The summed E-state index contributed by atoms with van der Waals surface area (Å²) < 4.78 is 1.98. The number of aryl methyl sites for hydroxylation is 2. The lowest BCUT2D eigenvalue weighted by Crippen LogP contribution is -2.54. The molecule has 1 aromatic heterocycles. The summed E-state index contributed by atoms with van der Waals surface area (Å²) in [6.07, 6.45) is 0. The number of aromatic nitrogens is 1. The van der Waals surface area contributed by atoms with Gasteiger partial charge in [0.1, 0.15) is 6.04 Å². The topological polar surface area (TPSA) is 92.2 Å². The van der Waals surface area contributed by atoms with Crippen LogP contribution in [0.15, 0.2) is 60.7 Å². The van der Waals surface area contributed by atoms with Gasteiger partial charge in [0.2, 0.25) is 0 Å². The highest BCUT2D eigenvalue weighted by atomic mass is 16.2. The van der Waals surface area contributed by atoms with Crippen LogP contribution in [0, 0.1) is 26.7 Å². The minimum Gasteiger partial charge on any atom is -0.340 e.